The third-order valence-corrected chi connectivity index (χ3v) is 5.99. The van der Waals surface area contributed by atoms with E-state index in [0.29, 0.717) is 26.2 Å². The van der Waals surface area contributed by atoms with Crippen molar-refractivity contribution in [3.8, 4) is 0 Å². The van der Waals surface area contributed by atoms with Gasteiger partial charge in [0.05, 0.1) is 24.2 Å². The molecule has 0 aliphatic carbocycles. The minimum absolute atomic E-state index is 0.121. The molecule has 0 N–H and O–H groups in total. The summed E-state index contributed by atoms with van der Waals surface area (Å²) in [5.41, 5.74) is -5.26. The first-order chi connectivity index (χ1) is 12.2. The van der Waals surface area contributed by atoms with Crippen molar-refractivity contribution in [3.05, 3.63) is 29.8 Å². The summed E-state index contributed by atoms with van der Waals surface area (Å²) in [5.74, 6) is -0.384. The van der Waals surface area contributed by atoms with Crippen molar-refractivity contribution in [1.29, 1.82) is 0 Å². The molecule has 1 aromatic rings. The smallest absolute Gasteiger partial charge is 0.348 e. The van der Waals surface area contributed by atoms with Crippen LogP contribution in [0.2, 0.25) is 0 Å². The van der Waals surface area contributed by atoms with Crippen LogP contribution in [0, 0.1) is 0 Å². The molecule has 3 rings (SSSR count). The highest BCUT2D eigenvalue weighted by Gasteiger charge is 2.47. The largest absolute Gasteiger partial charge is 0.501 e. The molecule has 0 aromatic heterocycles. The van der Waals surface area contributed by atoms with Crippen molar-refractivity contribution >= 4 is 15.7 Å². The molecule has 2 heterocycles. The molecule has 1 atom stereocenters. The van der Waals surface area contributed by atoms with Gasteiger partial charge in [0.1, 0.15) is 0 Å². The fourth-order valence-corrected chi connectivity index (χ4v) is 3.93. The lowest BCUT2D eigenvalue weighted by Crippen LogP contribution is -2.50. The van der Waals surface area contributed by atoms with Gasteiger partial charge in [-0.1, -0.05) is 0 Å². The third kappa shape index (κ3) is 3.58. The van der Waals surface area contributed by atoms with Crippen molar-refractivity contribution in [2.45, 2.75) is 42.0 Å². The van der Waals surface area contributed by atoms with Crippen LogP contribution in [-0.2, 0) is 19.3 Å². The number of sulfone groups is 1. The van der Waals surface area contributed by atoms with Gasteiger partial charge in [-0.15, -0.1) is 0 Å². The molecule has 1 unspecified atom stereocenters. The topological polar surface area (TPSA) is 72.9 Å². The Balaban J connectivity index is 1.81. The minimum Gasteiger partial charge on any atom is -0.348 e. The van der Waals surface area contributed by atoms with Crippen molar-refractivity contribution in [3.63, 3.8) is 0 Å². The second-order valence-corrected chi connectivity index (χ2v) is 8.09. The van der Waals surface area contributed by atoms with Crippen LogP contribution in [0.5, 0.6) is 0 Å². The summed E-state index contributed by atoms with van der Waals surface area (Å²) in [7, 11) is -5.43. The molecule has 6 nitrogen and oxygen atoms in total. The van der Waals surface area contributed by atoms with Gasteiger partial charge >= 0.3 is 5.51 Å². The SMILES string of the molecule is O=C(c1ccc(S(=O)(=O)C(F)(F)F)cc1)N1CCCCC1C1OCCO1. The normalized spacial score (nSPS) is 22.6. The highest BCUT2D eigenvalue weighted by molar-refractivity contribution is 7.92. The summed E-state index contributed by atoms with van der Waals surface area (Å²) in [4.78, 5) is 13.5. The number of carbonyl (C=O) groups is 1. The molecule has 2 aliphatic rings. The van der Waals surface area contributed by atoms with E-state index in [0.717, 1.165) is 37.1 Å². The molecule has 10 heteroatoms. The number of ether oxygens (including phenoxy) is 2. The van der Waals surface area contributed by atoms with Gasteiger partial charge in [0.15, 0.2) is 6.29 Å². The summed E-state index contributed by atoms with van der Waals surface area (Å²) in [6.45, 7) is 1.38. The Morgan fingerprint density at radius 3 is 2.27 bits per heavy atom. The van der Waals surface area contributed by atoms with Crippen molar-refractivity contribution < 1.29 is 35.9 Å². The second-order valence-electron chi connectivity index (χ2n) is 6.15. The lowest BCUT2D eigenvalue weighted by molar-refractivity contribution is -0.100. The highest BCUT2D eigenvalue weighted by atomic mass is 32.2. The fraction of sp³-hybridized carbons (Fsp3) is 0.562. The molecule has 0 bridgehead atoms. The van der Waals surface area contributed by atoms with Crippen LogP contribution < -0.4 is 0 Å². The zero-order valence-electron chi connectivity index (χ0n) is 13.7. The standard InChI is InChI=1S/C16H18F3NO5S/c17-16(18,19)26(22,23)12-6-4-11(5-7-12)14(21)20-8-2-1-3-13(20)15-24-9-10-25-15/h4-7,13,15H,1-3,8-10H2. The Kier molecular flexibility index (Phi) is 5.27. The van der Waals surface area contributed by atoms with Crippen LogP contribution >= 0.6 is 0 Å². The molecular weight excluding hydrogens is 375 g/mol. The maximum absolute atomic E-state index is 12.8. The number of rotatable bonds is 3. The van der Waals surface area contributed by atoms with E-state index in [1.165, 1.54) is 0 Å². The van der Waals surface area contributed by atoms with E-state index in [2.05, 4.69) is 0 Å². The van der Waals surface area contributed by atoms with E-state index in [1.807, 2.05) is 0 Å². The van der Waals surface area contributed by atoms with Gasteiger partial charge < -0.3 is 14.4 Å². The predicted octanol–water partition coefficient (Wildman–Crippen LogP) is 2.35. The van der Waals surface area contributed by atoms with Gasteiger partial charge in [-0.05, 0) is 43.5 Å². The maximum atomic E-state index is 12.8. The third-order valence-electron chi connectivity index (χ3n) is 4.49. The van der Waals surface area contributed by atoms with E-state index in [-0.39, 0.29) is 17.5 Å². The maximum Gasteiger partial charge on any atom is 0.501 e. The van der Waals surface area contributed by atoms with Gasteiger partial charge in [0, 0.05) is 12.1 Å². The molecule has 26 heavy (non-hydrogen) atoms. The number of alkyl halides is 3. The fourth-order valence-electron chi connectivity index (χ4n) is 3.17. The van der Waals surface area contributed by atoms with Gasteiger partial charge in [-0.2, -0.15) is 13.2 Å². The van der Waals surface area contributed by atoms with E-state index in [1.54, 1.807) is 4.90 Å². The molecule has 0 saturated carbocycles. The van der Waals surface area contributed by atoms with Crippen LogP contribution in [0.15, 0.2) is 29.2 Å². The lowest BCUT2D eigenvalue weighted by Gasteiger charge is -2.38. The Morgan fingerprint density at radius 2 is 1.69 bits per heavy atom. The first-order valence-electron chi connectivity index (χ1n) is 8.17. The number of carbonyl (C=O) groups excluding carboxylic acids is 1. The molecular formula is C16H18F3NO5S. The molecule has 2 aliphatic heterocycles. The average Bonchev–Trinajstić information content (AvgIpc) is 3.15. The van der Waals surface area contributed by atoms with E-state index in [4.69, 9.17) is 9.47 Å². The van der Waals surface area contributed by atoms with Crippen molar-refractivity contribution in [2.75, 3.05) is 19.8 Å². The van der Waals surface area contributed by atoms with Gasteiger partial charge in [0.2, 0.25) is 0 Å². The summed E-state index contributed by atoms with van der Waals surface area (Å²) < 4.78 is 71.6. The molecule has 144 valence electrons. The van der Waals surface area contributed by atoms with Crippen LogP contribution in [-0.4, -0.2) is 56.8 Å². The van der Waals surface area contributed by atoms with Crippen LogP contribution in [0.4, 0.5) is 13.2 Å². The van der Waals surface area contributed by atoms with E-state index >= 15 is 0 Å². The quantitative estimate of drug-likeness (QED) is 0.788. The summed E-state index contributed by atoms with van der Waals surface area (Å²) >= 11 is 0. The minimum atomic E-state index is -5.43. The average molecular weight is 393 g/mol. The predicted molar refractivity (Wildman–Crippen MR) is 84.1 cm³/mol. The van der Waals surface area contributed by atoms with E-state index in [9.17, 15) is 26.4 Å². The number of likely N-dealkylation sites (tertiary alicyclic amines) is 1. The van der Waals surface area contributed by atoms with Crippen LogP contribution in [0.3, 0.4) is 0 Å². The number of nitrogens with zero attached hydrogens (tertiary/aromatic N) is 1. The molecule has 1 aromatic carbocycles. The number of benzene rings is 1. The number of amides is 1. The highest BCUT2D eigenvalue weighted by Crippen LogP contribution is 2.31. The van der Waals surface area contributed by atoms with E-state index < -0.39 is 26.5 Å². The molecule has 2 saturated heterocycles. The van der Waals surface area contributed by atoms with Gasteiger partial charge in [-0.3, -0.25) is 4.79 Å². The number of piperidine rings is 1. The summed E-state index contributed by atoms with van der Waals surface area (Å²) in [5, 5.41) is 0. The zero-order valence-corrected chi connectivity index (χ0v) is 14.6. The van der Waals surface area contributed by atoms with Crippen LogP contribution in [0.1, 0.15) is 29.6 Å². The zero-order chi connectivity index (χ0) is 18.9. The molecule has 2 fully saturated rings. The lowest BCUT2D eigenvalue weighted by atomic mass is 10.00. The summed E-state index contributed by atoms with van der Waals surface area (Å²) in [6, 6.07) is 3.54. The Bertz CT molecular complexity index is 757. The van der Waals surface area contributed by atoms with Crippen LogP contribution in [0.25, 0.3) is 0 Å². The van der Waals surface area contributed by atoms with Crippen molar-refractivity contribution in [1.82, 2.24) is 4.90 Å². The second kappa shape index (κ2) is 7.16. The Hall–Kier alpha value is -1.65. The summed E-state index contributed by atoms with van der Waals surface area (Å²) in [6.07, 6.45) is 1.91. The van der Waals surface area contributed by atoms with Gasteiger partial charge in [-0.25, -0.2) is 8.42 Å². The number of hydrogen-bond acceptors (Lipinski definition) is 5. The first kappa shape index (κ1) is 19.1. The number of hydrogen-bond donors (Lipinski definition) is 0. The van der Waals surface area contributed by atoms with Crippen molar-refractivity contribution in [2.24, 2.45) is 0 Å². The Morgan fingerprint density at radius 1 is 1.08 bits per heavy atom. The van der Waals surface area contributed by atoms with Gasteiger partial charge in [0.25, 0.3) is 15.7 Å². The first-order valence-corrected chi connectivity index (χ1v) is 9.66. The Labute approximate surface area is 148 Å². The molecule has 0 spiro atoms. The number of halogens is 3. The molecule has 1 amide bonds. The monoisotopic (exact) mass is 393 g/mol. The molecule has 0 radical (unpaired) electrons.